The first-order valence-electron chi connectivity index (χ1n) is 5.86. The Morgan fingerprint density at radius 3 is 2.79 bits per heavy atom. The van der Waals surface area contributed by atoms with Crippen LogP contribution in [0.5, 0.6) is 0 Å². The molecule has 1 aliphatic heterocycles. The molecule has 0 saturated carbocycles. The van der Waals surface area contributed by atoms with E-state index >= 15 is 0 Å². The average molecular weight is 326 g/mol. The molecule has 1 amide bonds. The lowest BCUT2D eigenvalue weighted by Crippen LogP contribution is -2.32. The first kappa shape index (κ1) is 13.7. The van der Waals surface area contributed by atoms with Crippen molar-refractivity contribution in [3.05, 3.63) is 28.2 Å². The van der Waals surface area contributed by atoms with Crippen molar-refractivity contribution in [1.82, 2.24) is 0 Å². The molecule has 19 heavy (non-hydrogen) atoms. The largest absolute Gasteiger partial charge is 0.466 e. The van der Waals surface area contributed by atoms with Gasteiger partial charge in [-0.25, -0.2) is 0 Å². The van der Waals surface area contributed by atoms with Crippen molar-refractivity contribution in [2.75, 3.05) is 18.1 Å². The molecule has 6 heteroatoms. The van der Waals surface area contributed by atoms with Crippen LogP contribution in [0.1, 0.15) is 23.7 Å². The number of rotatable bonds is 4. The summed E-state index contributed by atoms with van der Waals surface area (Å²) in [5, 5.41) is 0. The number of carbonyl (C=O) groups is 3. The van der Waals surface area contributed by atoms with Crippen LogP contribution >= 0.6 is 15.9 Å². The fourth-order valence-electron chi connectivity index (χ4n) is 1.93. The number of hydrogen-bond donors (Lipinski definition) is 0. The van der Waals surface area contributed by atoms with E-state index in [9.17, 15) is 14.4 Å². The van der Waals surface area contributed by atoms with Crippen LogP contribution in [0.4, 0.5) is 5.69 Å². The lowest BCUT2D eigenvalue weighted by molar-refractivity contribution is -0.142. The van der Waals surface area contributed by atoms with E-state index in [1.165, 1.54) is 4.90 Å². The molecule has 0 aromatic heterocycles. The minimum atomic E-state index is -0.600. The molecule has 1 aliphatic rings. The maximum atomic E-state index is 11.9. The number of ether oxygens (including phenoxy) is 1. The van der Waals surface area contributed by atoms with Gasteiger partial charge < -0.3 is 9.64 Å². The minimum Gasteiger partial charge on any atom is -0.466 e. The summed E-state index contributed by atoms with van der Waals surface area (Å²) in [4.78, 5) is 36.3. The van der Waals surface area contributed by atoms with Crippen LogP contribution in [-0.4, -0.2) is 30.8 Å². The quantitative estimate of drug-likeness (QED) is 0.626. The van der Waals surface area contributed by atoms with Crippen LogP contribution in [0, 0.1) is 0 Å². The normalized spacial score (nSPS) is 13.7. The summed E-state index contributed by atoms with van der Waals surface area (Å²) in [7, 11) is 0. The van der Waals surface area contributed by atoms with E-state index < -0.39 is 11.7 Å². The Labute approximate surface area is 118 Å². The molecule has 0 atom stereocenters. The lowest BCUT2D eigenvalue weighted by Gasteiger charge is -2.15. The molecule has 100 valence electrons. The first-order chi connectivity index (χ1) is 9.04. The van der Waals surface area contributed by atoms with Crippen LogP contribution in [0.3, 0.4) is 0 Å². The molecule has 0 N–H and O–H groups in total. The molecule has 1 aromatic carbocycles. The third-order valence-corrected chi connectivity index (χ3v) is 3.27. The highest BCUT2D eigenvalue weighted by Gasteiger charge is 2.35. The van der Waals surface area contributed by atoms with Gasteiger partial charge in [-0.1, -0.05) is 15.9 Å². The van der Waals surface area contributed by atoms with Gasteiger partial charge in [0.15, 0.2) is 0 Å². The highest BCUT2D eigenvalue weighted by atomic mass is 79.9. The van der Waals surface area contributed by atoms with Gasteiger partial charge in [0, 0.05) is 11.0 Å². The Morgan fingerprint density at radius 1 is 1.37 bits per heavy atom. The number of fused-ring (bicyclic) bond motifs is 1. The molecule has 0 unspecified atom stereocenters. The minimum absolute atomic E-state index is 0.0718. The molecule has 1 heterocycles. The zero-order valence-electron chi connectivity index (χ0n) is 10.3. The van der Waals surface area contributed by atoms with Crippen molar-refractivity contribution >= 4 is 39.3 Å². The molecule has 5 nitrogen and oxygen atoms in total. The molecule has 2 rings (SSSR count). The second-order valence-electron chi connectivity index (χ2n) is 4.00. The number of halogens is 1. The fourth-order valence-corrected chi connectivity index (χ4v) is 2.29. The molecular formula is C13H12BrNO4. The Morgan fingerprint density at radius 2 is 2.11 bits per heavy atom. The Kier molecular flexibility index (Phi) is 3.99. The predicted octanol–water partition coefficient (Wildman–Crippen LogP) is 1.93. The molecule has 1 aromatic rings. The van der Waals surface area contributed by atoms with Crippen molar-refractivity contribution in [1.29, 1.82) is 0 Å². The highest BCUT2D eigenvalue weighted by Crippen LogP contribution is 2.31. The summed E-state index contributed by atoms with van der Waals surface area (Å²) >= 11 is 3.26. The second-order valence-corrected chi connectivity index (χ2v) is 4.92. The Bertz CT molecular complexity index is 556. The van der Waals surface area contributed by atoms with Gasteiger partial charge >= 0.3 is 5.97 Å². The number of amides is 1. The monoisotopic (exact) mass is 325 g/mol. The SMILES string of the molecule is CCOC(=O)CCN1C(=O)C(=O)c2cc(Br)ccc21. The topological polar surface area (TPSA) is 63.7 Å². The smallest absolute Gasteiger partial charge is 0.307 e. The standard InChI is InChI=1S/C13H12BrNO4/c1-2-19-11(16)5-6-15-10-4-3-8(14)7-9(10)12(17)13(15)18/h3-4,7H,2,5-6H2,1H3. The summed E-state index contributed by atoms with van der Waals surface area (Å²) in [6, 6.07) is 5.05. The van der Waals surface area contributed by atoms with Crippen molar-refractivity contribution in [3.8, 4) is 0 Å². The molecule has 0 saturated heterocycles. The van der Waals surface area contributed by atoms with Gasteiger partial charge in [-0.3, -0.25) is 14.4 Å². The van der Waals surface area contributed by atoms with E-state index in [0.29, 0.717) is 17.9 Å². The van der Waals surface area contributed by atoms with Gasteiger partial charge in [0.05, 0.1) is 24.3 Å². The van der Waals surface area contributed by atoms with E-state index in [4.69, 9.17) is 4.74 Å². The third-order valence-electron chi connectivity index (χ3n) is 2.78. The van der Waals surface area contributed by atoms with E-state index in [1.807, 2.05) is 0 Å². The van der Waals surface area contributed by atoms with E-state index in [-0.39, 0.29) is 18.9 Å². The number of anilines is 1. The molecule has 0 fully saturated rings. The van der Waals surface area contributed by atoms with Crippen LogP contribution in [0.25, 0.3) is 0 Å². The number of nitrogens with zero attached hydrogens (tertiary/aromatic N) is 1. The highest BCUT2D eigenvalue weighted by molar-refractivity contribution is 9.10. The van der Waals surface area contributed by atoms with Gasteiger partial charge in [0.2, 0.25) is 0 Å². The summed E-state index contributed by atoms with van der Waals surface area (Å²) in [6.45, 7) is 2.17. The average Bonchev–Trinajstić information content (AvgIpc) is 2.61. The van der Waals surface area contributed by atoms with Crippen molar-refractivity contribution in [2.45, 2.75) is 13.3 Å². The lowest BCUT2D eigenvalue weighted by atomic mass is 10.1. The maximum Gasteiger partial charge on any atom is 0.307 e. The first-order valence-corrected chi connectivity index (χ1v) is 6.65. The molecule has 0 bridgehead atoms. The number of ketones is 1. The zero-order chi connectivity index (χ0) is 14.0. The number of Topliss-reactive ketones (excluding diaryl/α,β-unsaturated/α-hetero) is 1. The summed E-state index contributed by atoms with van der Waals surface area (Å²) in [6.07, 6.45) is 0.0718. The van der Waals surface area contributed by atoms with Gasteiger partial charge in [0.25, 0.3) is 11.7 Å². The van der Waals surface area contributed by atoms with Gasteiger partial charge in [-0.2, -0.15) is 0 Å². The van der Waals surface area contributed by atoms with E-state index in [0.717, 1.165) is 4.47 Å². The van der Waals surface area contributed by atoms with Gasteiger partial charge in [-0.15, -0.1) is 0 Å². The van der Waals surface area contributed by atoms with Gasteiger partial charge in [-0.05, 0) is 25.1 Å². The van der Waals surface area contributed by atoms with Crippen LogP contribution in [0.15, 0.2) is 22.7 Å². The van der Waals surface area contributed by atoms with E-state index in [1.54, 1.807) is 25.1 Å². The molecule has 0 aliphatic carbocycles. The van der Waals surface area contributed by atoms with E-state index in [2.05, 4.69) is 15.9 Å². The third kappa shape index (κ3) is 2.68. The van der Waals surface area contributed by atoms with Gasteiger partial charge in [0.1, 0.15) is 0 Å². The Hall–Kier alpha value is -1.69. The van der Waals surface area contributed by atoms with Crippen molar-refractivity contribution < 1.29 is 19.1 Å². The number of esters is 1. The summed E-state index contributed by atoms with van der Waals surface area (Å²) in [5.74, 6) is -1.52. The number of carbonyl (C=O) groups excluding carboxylic acids is 3. The van der Waals surface area contributed by atoms with Crippen LogP contribution < -0.4 is 4.90 Å². The number of hydrogen-bond acceptors (Lipinski definition) is 4. The Balaban J connectivity index is 2.17. The van der Waals surface area contributed by atoms with Crippen molar-refractivity contribution in [3.63, 3.8) is 0 Å². The van der Waals surface area contributed by atoms with Crippen LogP contribution in [-0.2, 0) is 14.3 Å². The summed E-state index contributed by atoms with van der Waals surface area (Å²) in [5.41, 5.74) is 0.908. The second kappa shape index (κ2) is 5.52. The molecular weight excluding hydrogens is 314 g/mol. The van der Waals surface area contributed by atoms with Crippen molar-refractivity contribution in [2.24, 2.45) is 0 Å². The molecule has 0 radical (unpaired) electrons. The summed E-state index contributed by atoms with van der Waals surface area (Å²) < 4.78 is 5.54. The molecule has 0 spiro atoms. The predicted molar refractivity (Wildman–Crippen MR) is 72.1 cm³/mol. The zero-order valence-corrected chi connectivity index (χ0v) is 11.9. The maximum absolute atomic E-state index is 11.9. The number of benzene rings is 1. The fraction of sp³-hybridized carbons (Fsp3) is 0.308. The van der Waals surface area contributed by atoms with Crippen LogP contribution in [0.2, 0.25) is 0 Å².